The second kappa shape index (κ2) is 6.48. The molecule has 120 valence electrons. The molecule has 22 heavy (non-hydrogen) atoms. The van der Waals surface area contributed by atoms with E-state index in [0.717, 1.165) is 18.5 Å². The van der Waals surface area contributed by atoms with E-state index in [1.165, 1.54) is 12.7 Å². The van der Waals surface area contributed by atoms with Crippen LogP contribution in [-0.2, 0) is 27.2 Å². The number of methoxy groups -OCH3 is 1. The zero-order valence-corrected chi connectivity index (χ0v) is 13.6. The second-order valence-corrected chi connectivity index (χ2v) is 6.52. The van der Waals surface area contributed by atoms with Gasteiger partial charge in [0.2, 0.25) is 0 Å². The summed E-state index contributed by atoms with van der Waals surface area (Å²) in [4.78, 5) is 25.6. The van der Waals surface area contributed by atoms with Gasteiger partial charge in [-0.25, -0.2) is 4.79 Å². The van der Waals surface area contributed by atoms with Crippen molar-refractivity contribution >= 4 is 11.9 Å². The summed E-state index contributed by atoms with van der Waals surface area (Å²) in [6.07, 6.45) is 0.861. The van der Waals surface area contributed by atoms with Crippen LogP contribution in [0.25, 0.3) is 0 Å². The molecule has 0 radical (unpaired) electrons. The molecule has 5 heteroatoms. The van der Waals surface area contributed by atoms with E-state index in [1.807, 2.05) is 37.8 Å². The van der Waals surface area contributed by atoms with Crippen molar-refractivity contribution in [1.29, 1.82) is 0 Å². The molecule has 0 aromatic heterocycles. The molecule has 1 heterocycles. The average molecular weight is 305 g/mol. The molecule has 0 bridgehead atoms. The molecule has 1 aliphatic rings. The van der Waals surface area contributed by atoms with Crippen molar-refractivity contribution in [3.05, 3.63) is 34.9 Å². The molecule has 1 aromatic rings. The minimum atomic E-state index is -0.469. The lowest BCUT2D eigenvalue weighted by atomic mass is 9.97. The highest BCUT2D eigenvalue weighted by Gasteiger charge is 2.23. The Hall–Kier alpha value is -1.88. The lowest BCUT2D eigenvalue weighted by molar-refractivity contribution is -0.156. The highest BCUT2D eigenvalue weighted by atomic mass is 16.6. The van der Waals surface area contributed by atoms with Crippen molar-refractivity contribution in [2.24, 2.45) is 0 Å². The summed E-state index contributed by atoms with van der Waals surface area (Å²) in [7, 11) is 1.37. The quantitative estimate of drug-likeness (QED) is 0.801. The molecule has 2 rings (SSSR count). The van der Waals surface area contributed by atoms with Crippen LogP contribution in [0.1, 0.15) is 42.3 Å². The van der Waals surface area contributed by atoms with Gasteiger partial charge in [-0.05, 0) is 50.5 Å². The molecule has 0 unspecified atom stereocenters. The van der Waals surface area contributed by atoms with Crippen molar-refractivity contribution in [1.82, 2.24) is 4.90 Å². The summed E-state index contributed by atoms with van der Waals surface area (Å²) in [5.74, 6) is -0.563. The number of fused-ring (bicyclic) bond motifs is 1. The number of carbonyl (C=O) groups excluding carboxylic acids is 2. The van der Waals surface area contributed by atoms with E-state index in [2.05, 4.69) is 0 Å². The number of ether oxygens (including phenoxy) is 2. The van der Waals surface area contributed by atoms with E-state index in [0.29, 0.717) is 12.1 Å². The summed E-state index contributed by atoms with van der Waals surface area (Å²) >= 11 is 0. The third-order valence-corrected chi connectivity index (χ3v) is 3.49. The van der Waals surface area contributed by atoms with Gasteiger partial charge in [0.25, 0.3) is 0 Å². The van der Waals surface area contributed by atoms with Crippen LogP contribution in [-0.4, -0.2) is 42.6 Å². The fraction of sp³-hybridized carbons (Fsp3) is 0.529. The Bertz CT molecular complexity index is 575. The molecule has 0 spiro atoms. The lowest BCUT2D eigenvalue weighted by Crippen LogP contribution is -2.38. The number of esters is 2. The van der Waals surface area contributed by atoms with Crippen LogP contribution in [0.4, 0.5) is 0 Å². The van der Waals surface area contributed by atoms with Gasteiger partial charge in [0.05, 0.1) is 19.2 Å². The van der Waals surface area contributed by atoms with Gasteiger partial charge in [-0.1, -0.05) is 6.07 Å². The minimum Gasteiger partial charge on any atom is -0.465 e. The predicted octanol–water partition coefficient (Wildman–Crippen LogP) is 2.17. The Morgan fingerprint density at radius 3 is 2.59 bits per heavy atom. The van der Waals surface area contributed by atoms with Gasteiger partial charge in [-0.15, -0.1) is 0 Å². The summed E-state index contributed by atoms with van der Waals surface area (Å²) in [6.45, 7) is 7.29. The van der Waals surface area contributed by atoms with Crippen molar-refractivity contribution in [2.75, 3.05) is 20.2 Å². The maximum Gasteiger partial charge on any atom is 0.337 e. The normalized spacial score (nSPS) is 15.1. The first-order chi connectivity index (χ1) is 10.3. The van der Waals surface area contributed by atoms with Gasteiger partial charge < -0.3 is 9.47 Å². The Labute approximate surface area is 131 Å². The van der Waals surface area contributed by atoms with Crippen molar-refractivity contribution in [3.63, 3.8) is 0 Å². The fourth-order valence-corrected chi connectivity index (χ4v) is 2.55. The van der Waals surface area contributed by atoms with E-state index in [9.17, 15) is 9.59 Å². The van der Waals surface area contributed by atoms with Crippen molar-refractivity contribution in [3.8, 4) is 0 Å². The lowest BCUT2D eigenvalue weighted by Gasteiger charge is -2.29. The molecular weight excluding hydrogens is 282 g/mol. The Kier molecular flexibility index (Phi) is 4.86. The summed E-state index contributed by atoms with van der Waals surface area (Å²) < 4.78 is 10.1. The van der Waals surface area contributed by atoms with Gasteiger partial charge in [0.15, 0.2) is 0 Å². The molecule has 0 atom stereocenters. The zero-order valence-electron chi connectivity index (χ0n) is 13.6. The van der Waals surface area contributed by atoms with E-state index < -0.39 is 5.60 Å². The van der Waals surface area contributed by atoms with E-state index in [1.54, 1.807) is 6.07 Å². The molecule has 0 fully saturated rings. The molecule has 0 saturated heterocycles. The third kappa shape index (κ3) is 4.31. The van der Waals surface area contributed by atoms with Crippen LogP contribution in [0, 0.1) is 0 Å². The summed E-state index contributed by atoms with van der Waals surface area (Å²) in [6, 6.07) is 5.60. The molecule has 0 aliphatic carbocycles. The SMILES string of the molecule is COC(=O)c1ccc2c(c1)CN(CC(=O)OC(C)(C)C)CC2. The second-order valence-electron chi connectivity index (χ2n) is 6.52. The fourth-order valence-electron chi connectivity index (χ4n) is 2.55. The number of rotatable bonds is 3. The first-order valence-corrected chi connectivity index (χ1v) is 7.43. The molecule has 5 nitrogen and oxygen atoms in total. The monoisotopic (exact) mass is 305 g/mol. The van der Waals surface area contributed by atoms with Gasteiger partial charge in [-0.3, -0.25) is 9.69 Å². The van der Waals surface area contributed by atoms with Gasteiger partial charge in [0, 0.05) is 13.1 Å². The van der Waals surface area contributed by atoms with Gasteiger partial charge in [-0.2, -0.15) is 0 Å². The smallest absolute Gasteiger partial charge is 0.337 e. The Morgan fingerprint density at radius 2 is 1.95 bits per heavy atom. The van der Waals surface area contributed by atoms with Crippen LogP contribution in [0.15, 0.2) is 18.2 Å². The average Bonchev–Trinajstić information content (AvgIpc) is 2.43. The number of carbonyl (C=O) groups is 2. The first kappa shape index (κ1) is 16.5. The standard InChI is InChI=1S/C17H23NO4/c1-17(2,3)22-15(19)11-18-8-7-12-5-6-13(16(20)21-4)9-14(12)10-18/h5-6,9H,7-8,10-11H2,1-4H3. The maximum atomic E-state index is 11.9. The van der Waals surface area contributed by atoms with Crippen LogP contribution < -0.4 is 0 Å². The largest absolute Gasteiger partial charge is 0.465 e. The summed E-state index contributed by atoms with van der Waals surface area (Å²) in [5, 5.41) is 0. The van der Waals surface area contributed by atoms with Crippen LogP contribution in [0.2, 0.25) is 0 Å². The number of hydrogen-bond acceptors (Lipinski definition) is 5. The number of nitrogens with zero attached hydrogens (tertiary/aromatic N) is 1. The highest BCUT2D eigenvalue weighted by Crippen LogP contribution is 2.21. The van der Waals surface area contributed by atoms with Crippen molar-refractivity contribution < 1.29 is 19.1 Å². The summed E-state index contributed by atoms with van der Waals surface area (Å²) in [5.41, 5.74) is 2.36. The molecule has 0 amide bonds. The number of hydrogen-bond donors (Lipinski definition) is 0. The Balaban J connectivity index is 2.04. The zero-order chi connectivity index (χ0) is 16.3. The minimum absolute atomic E-state index is 0.222. The maximum absolute atomic E-state index is 11.9. The van der Waals surface area contributed by atoms with E-state index in [4.69, 9.17) is 9.47 Å². The number of benzene rings is 1. The van der Waals surface area contributed by atoms with Crippen molar-refractivity contribution in [2.45, 2.75) is 39.3 Å². The Morgan fingerprint density at radius 1 is 1.23 bits per heavy atom. The molecule has 1 aromatic carbocycles. The van der Waals surface area contributed by atoms with Gasteiger partial charge >= 0.3 is 11.9 Å². The topological polar surface area (TPSA) is 55.8 Å². The molecular formula is C17H23NO4. The predicted molar refractivity (Wildman–Crippen MR) is 82.6 cm³/mol. The van der Waals surface area contributed by atoms with Crippen LogP contribution in [0.5, 0.6) is 0 Å². The van der Waals surface area contributed by atoms with Gasteiger partial charge in [0.1, 0.15) is 5.60 Å². The first-order valence-electron chi connectivity index (χ1n) is 7.43. The molecule has 0 saturated carbocycles. The molecule has 1 aliphatic heterocycles. The van der Waals surface area contributed by atoms with E-state index in [-0.39, 0.29) is 18.5 Å². The van der Waals surface area contributed by atoms with E-state index >= 15 is 0 Å². The van der Waals surface area contributed by atoms with Crippen LogP contribution >= 0.6 is 0 Å². The highest BCUT2D eigenvalue weighted by molar-refractivity contribution is 5.89. The third-order valence-electron chi connectivity index (χ3n) is 3.49. The van der Waals surface area contributed by atoms with Crippen LogP contribution in [0.3, 0.4) is 0 Å². The molecule has 0 N–H and O–H groups in total.